The molecule has 18 heavy (non-hydrogen) atoms. The van der Waals surface area contributed by atoms with Gasteiger partial charge in [0.2, 0.25) is 0 Å². The van der Waals surface area contributed by atoms with Gasteiger partial charge >= 0.3 is 0 Å². The molecule has 1 heteroatoms. The van der Waals surface area contributed by atoms with Gasteiger partial charge in [-0.2, -0.15) is 0 Å². The highest BCUT2D eigenvalue weighted by Gasteiger charge is 2.10. The van der Waals surface area contributed by atoms with Gasteiger partial charge in [-0.05, 0) is 44.6 Å². The first-order valence-corrected chi connectivity index (χ1v) is 7.49. The second kappa shape index (κ2) is 10.4. The highest BCUT2D eigenvalue weighted by atomic mass is 14.9. The van der Waals surface area contributed by atoms with Crippen molar-refractivity contribution in [3.63, 3.8) is 0 Å². The van der Waals surface area contributed by atoms with E-state index < -0.39 is 0 Å². The zero-order chi connectivity index (χ0) is 14.0. The Balaban J connectivity index is 3.58. The van der Waals surface area contributed by atoms with Crippen molar-refractivity contribution >= 4 is 0 Å². The van der Waals surface area contributed by atoms with Gasteiger partial charge in [-0.25, -0.2) is 0 Å². The van der Waals surface area contributed by atoms with E-state index in [9.17, 15) is 0 Å². The molecule has 0 unspecified atom stereocenters. The largest absolute Gasteiger partial charge is 0.313 e. The van der Waals surface area contributed by atoms with Crippen molar-refractivity contribution in [2.24, 2.45) is 11.8 Å². The van der Waals surface area contributed by atoms with Crippen molar-refractivity contribution in [1.82, 2.24) is 5.32 Å². The summed E-state index contributed by atoms with van der Waals surface area (Å²) >= 11 is 0. The maximum Gasteiger partial charge on any atom is 0.0162 e. The Morgan fingerprint density at radius 2 is 1.78 bits per heavy atom. The van der Waals surface area contributed by atoms with E-state index in [1.54, 1.807) is 0 Å². The standard InChI is InChI=1S/C17H33N/c1-7-9-16(5)17(6)13-18-12-15(4)11-8-10-14(2)3/h16-18H,2,4,7-13H2,1,3,5-6H3/t16-,17+/m1/s1. The molecule has 0 radical (unpaired) electrons. The van der Waals surface area contributed by atoms with Gasteiger partial charge in [-0.1, -0.05) is 51.3 Å². The third kappa shape index (κ3) is 9.47. The second-order valence-corrected chi connectivity index (χ2v) is 5.93. The Morgan fingerprint density at radius 3 is 2.33 bits per heavy atom. The second-order valence-electron chi connectivity index (χ2n) is 5.93. The van der Waals surface area contributed by atoms with Crippen molar-refractivity contribution in [1.29, 1.82) is 0 Å². The van der Waals surface area contributed by atoms with Crippen LogP contribution in [-0.2, 0) is 0 Å². The predicted molar refractivity (Wildman–Crippen MR) is 83.9 cm³/mol. The fourth-order valence-corrected chi connectivity index (χ4v) is 2.15. The number of nitrogens with one attached hydrogen (secondary N) is 1. The molecule has 0 amide bonds. The minimum absolute atomic E-state index is 0.758. The lowest BCUT2D eigenvalue weighted by Crippen LogP contribution is -2.26. The smallest absolute Gasteiger partial charge is 0.0162 e. The van der Waals surface area contributed by atoms with Gasteiger partial charge in [0.15, 0.2) is 0 Å². The lowest BCUT2D eigenvalue weighted by atomic mass is 9.92. The summed E-state index contributed by atoms with van der Waals surface area (Å²) in [6, 6.07) is 0. The lowest BCUT2D eigenvalue weighted by molar-refractivity contribution is 0.348. The van der Waals surface area contributed by atoms with Crippen LogP contribution < -0.4 is 5.32 Å². The summed E-state index contributed by atoms with van der Waals surface area (Å²) in [6.07, 6.45) is 6.07. The molecule has 1 nitrogen and oxygen atoms in total. The molecule has 0 aliphatic carbocycles. The van der Waals surface area contributed by atoms with E-state index in [0.29, 0.717) is 0 Å². The Bertz CT molecular complexity index is 242. The molecule has 0 spiro atoms. The molecule has 0 saturated carbocycles. The third-order valence-corrected chi connectivity index (χ3v) is 3.69. The lowest BCUT2D eigenvalue weighted by Gasteiger charge is -2.20. The molecule has 0 aromatic heterocycles. The summed E-state index contributed by atoms with van der Waals surface area (Å²) in [7, 11) is 0. The Labute approximate surface area is 115 Å². The van der Waals surface area contributed by atoms with Crippen LogP contribution in [0.3, 0.4) is 0 Å². The summed E-state index contributed by atoms with van der Waals surface area (Å²) in [5.74, 6) is 1.58. The summed E-state index contributed by atoms with van der Waals surface area (Å²) in [4.78, 5) is 0. The zero-order valence-corrected chi connectivity index (χ0v) is 13.0. The van der Waals surface area contributed by atoms with Crippen LogP contribution >= 0.6 is 0 Å². The van der Waals surface area contributed by atoms with E-state index in [0.717, 1.165) is 37.8 Å². The van der Waals surface area contributed by atoms with Crippen LogP contribution in [0.15, 0.2) is 24.3 Å². The van der Waals surface area contributed by atoms with Crippen molar-refractivity contribution in [3.8, 4) is 0 Å². The van der Waals surface area contributed by atoms with Crippen LogP contribution in [0.2, 0.25) is 0 Å². The van der Waals surface area contributed by atoms with Gasteiger partial charge in [0.25, 0.3) is 0 Å². The molecular formula is C17H33N. The minimum Gasteiger partial charge on any atom is -0.313 e. The molecule has 0 rings (SSSR count). The average molecular weight is 251 g/mol. The summed E-state index contributed by atoms with van der Waals surface area (Å²) in [5.41, 5.74) is 2.60. The SMILES string of the molecule is C=C(C)CCCC(=C)CNC[C@H](C)[C@H](C)CCC. The molecule has 0 fully saturated rings. The predicted octanol–water partition coefficient (Wildman–Crippen LogP) is 4.95. The average Bonchev–Trinajstić information content (AvgIpc) is 2.28. The number of allylic oxidation sites excluding steroid dienone is 1. The van der Waals surface area contributed by atoms with Crippen molar-refractivity contribution in [2.45, 2.75) is 59.8 Å². The van der Waals surface area contributed by atoms with Crippen LogP contribution in [0.1, 0.15) is 59.8 Å². The normalized spacial score (nSPS) is 14.2. The first kappa shape index (κ1) is 17.4. The van der Waals surface area contributed by atoms with Crippen molar-refractivity contribution < 1.29 is 0 Å². The number of hydrogen-bond acceptors (Lipinski definition) is 1. The molecule has 1 N–H and O–H groups in total. The molecule has 2 atom stereocenters. The maximum atomic E-state index is 4.14. The monoisotopic (exact) mass is 251 g/mol. The molecule has 0 heterocycles. The Morgan fingerprint density at radius 1 is 1.11 bits per heavy atom. The molecule has 0 saturated heterocycles. The molecule has 106 valence electrons. The van der Waals surface area contributed by atoms with E-state index in [1.165, 1.54) is 30.4 Å². The molecule has 0 bridgehead atoms. The van der Waals surface area contributed by atoms with Crippen molar-refractivity contribution in [3.05, 3.63) is 24.3 Å². The molecular weight excluding hydrogens is 218 g/mol. The number of rotatable bonds is 11. The van der Waals surface area contributed by atoms with Gasteiger partial charge in [-0.3, -0.25) is 0 Å². The van der Waals surface area contributed by atoms with Gasteiger partial charge < -0.3 is 5.32 Å². The first-order valence-electron chi connectivity index (χ1n) is 7.49. The zero-order valence-electron chi connectivity index (χ0n) is 13.0. The van der Waals surface area contributed by atoms with Gasteiger partial charge in [0, 0.05) is 6.54 Å². The van der Waals surface area contributed by atoms with Crippen LogP contribution in [0, 0.1) is 11.8 Å². The molecule has 0 aliphatic heterocycles. The van der Waals surface area contributed by atoms with Crippen LogP contribution in [0.4, 0.5) is 0 Å². The quantitative estimate of drug-likeness (QED) is 0.512. The van der Waals surface area contributed by atoms with Crippen LogP contribution in [0.5, 0.6) is 0 Å². The Kier molecular flexibility index (Phi) is 10.0. The van der Waals surface area contributed by atoms with Gasteiger partial charge in [-0.15, -0.1) is 6.58 Å². The van der Waals surface area contributed by atoms with E-state index >= 15 is 0 Å². The van der Waals surface area contributed by atoms with Gasteiger partial charge in [0.1, 0.15) is 0 Å². The minimum atomic E-state index is 0.758. The van der Waals surface area contributed by atoms with E-state index in [1.807, 2.05) is 0 Å². The van der Waals surface area contributed by atoms with Crippen LogP contribution in [-0.4, -0.2) is 13.1 Å². The van der Waals surface area contributed by atoms with Gasteiger partial charge in [0.05, 0.1) is 0 Å². The molecule has 0 aromatic carbocycles. The van der Waals surface area contributed by atoms with E-state index in [2.05, 4.69) is 46.2 Å². The van der Waals surface area contributed by atoms with E-state index in [-0.39, 0.29) is 0 Å². The first-order chi connectivity index (χ1) is 8.47. The van der Waals surface area contributed by atoms with Crippen LogP contribution in [0.25, 0.3) is 0 Å². The molecule has 0 aliphatic rings. The van der Waals surface area contributed by atoms with Crippen molar-refractivity contribution in [2.75, 3.05) is 13.1 Å². The maximum absolute atomic E-state index is 4.14. The summed E-state index contributed by atoms with van der Waals surface area (Å²) < 4.78 is 0. The summed E-state index contributed by atoms with van der Waals surface area (Å²) in [5, 5.41) is 3.54. The topological polar surface area (TPSA) is 12.0 Å². The fraction of sp³-hybridized carbons (Fsp3) is 0.765. The highest BCUT2D eigenvalue weighted by Crippen LogP contribution is 2.16. The Hall–Kier alpha value is -0.560. The summed E-state index contributed by atoms with van der Waals surface area (Å²) in [6.45, 7) is 19.2. The third-order valence-electron chi connectivity index (χ3n) is 3.69. The fourth-order valence-electron chi connectivity index (χ4n) is 2.15. The number of hydrogen-bond donors (Lipinski definition) is 1. The highest BCUT2D eigenvalue weighted by molar-refractivity contribution is 4.98. The van der Waals surface area contributed by atoms with E-state index in [4.69, 9.17) is 0 Å². The molecule has 0 aromatic rings.